The fraction of sp³-hybridized carbons (Fsp3) is 0.556. The van der Waals surface area contributed by atoms with Gasteiger partial charge in [-0.1, -0.05) is 30.3 Å². The zero-order valence-corrected chi connectivity index (χ0v) is 14.4. The highest BCUT2D eigenvalue weighted by molar-refractivity contribution is 5.77. The second-order valence-electron chi connectivity index (χ2n) is 6.18. The highest BCUT2D eigenvalue weighted by atomic mass is 16.7. The van der Waals surface area contributed by atoms with Gasteiger partial charge in [0, 0.05) is 19.5 Å². The topological polar surface area (TPSA) is 67.9 Å². The van der Waals surface area contributed by atoms with Gasteiger partial charge in [0.2, 0.25) is 5.91 Å². The van der Waals surface area contributed by atoms with Crippen molar-refractivity contribution in [2.45, 2.75) is 32.3 Å². The van der Waals surface area contributed by atoms with Crippen molar-refractivity contribution in [1.82, 2.24) is 10.4 Å². The molecule has 1 N–H and O–H groups in total. The maximum Gasteiger partial charge on any atom is 0.407 e. The maximum atomic E-state index is 12.0. The van der Waals surface area contributed by atoms with Gasteiger partial charge in [-0.15, -0.1) is 0 Å². The molecule has 2 amide bonds. The summed E-state index contributed by atoms with van der Waals surface area (Å²) in [5.74, 6) is 0.452. The largest absolute Gasteiger partial charge is 0.445 e. The number of amides is 2. The number of nitrogens with zero attached hydrogens (tertiary/aromatic N) is 1. The first kappa shape index (κ1) is 18.3. The molecular weight excluding hydrogens is 308 g/mol. The Hall–Kier alpha value is -2.08. The van der Waals surface area contributed by atoms with Crippen molar-refractivity contribution in [2.75, 3.05) is 20.7 Å². The molecule has 2 rings (SSSR count). The van der Waals surface area contributed by atoms with Crippen molar-refractivity contribution in [1.29, 1.82) is 0 Å². The van der Waals surface area contributed by atoms with Gasteiger partial charge in [-0.25, -0.2) is 9.86 Å². The monoisotopic (exact) mass is 334 g/mol. The van der Waals surface area contributed by atoms with Gasteiger partial charge in [0.1, 0.15) is 6.61 Å². The summed E-state index contributed by atoms with van der Waals surface area (Å²) >= 11 is 0. The average Bonchev–Trinajstić information content (AvgIpc) is 2.64. The van der Waals surface area contributed by atoms with Gasteiger partial charge in [-0.05, 0) is 37.2 Å². The Morgan fingerprint density at radius 3 is 2.46 bits per heavy atom. The van der Waals surface area contributed by atoms with Crippen LogP contribution in [0.1, 0.15) is 31.2 Å². The van der Waals surface area contributed by atoms with E-state index < -0.39 is 6.09 Å². The first-order chi connectivity index (χ1) is 11.6. The Kier molecular flexibility index (Phi) is 7.06. The highest BCUT2D eigenvalue weighted by Crippen LogP contribution is 2.29. The fourth-order valence-corrected chi connectivity index (χ4v) is 2.96. The summed E-state index contributed by atoms with van der Waals surface area (Å²) in [5, 5.41) is 4.12. The van der Waals surface area contributed by atoms with Crippen LogP contribution in [0, 0.1) is 11.8 Å². The molecule has 1 aromatic rings. The second-order valence-corrected chi connectivity index (χ2v) is 6.18. The van der Waals surface area contributed by atoms with Crippen LogP contribution >= 0.6 is 0 Å². The molecule has 132 valence electrons. The number of carbonyl (C=O) groups is 2. The van der Waals surface area contributed by atoms with Crippen LogP contribution in [-0.2, 0) is 21.0 Å². The molecular formula is C18H26N2O4. The van der Waals surface area contributed by atoms with Crippen molar-refractivity contribution in [2.24, 2.45) is 11.8 Å². The Bertz CT molecular complexity index is 527. The van der Waals surface area contributed by atoms with Gasteiger partial charge >= 0.3 is 6.09 Å². The van der Waals surface area contributed by atoms with Gasteiger partial charge in [0.15, 0.2) is 0 Å². The molecule has 0 spiro atoms. The Morgan fingerprint density at radius 2 is 1.83 bits per heavy atom. The first-order valence-electron chi connectivity index (χ1n) is 8.36. The summed E-state index contributed by atoms with van der Waals surface area (Å²) in [4.78, 5) is 28.7. The molecule has 0 radical (unpaired) electrons. The predicted octanol–water partition coefficient (Wildman–Crippen LogP) is 2.74. The van der Waals surface area contributed by atoms with Gasteiger partial charge < -0.3 is 10.1 Å². The zero-order valence-electron chi connectivity index (χ0n) is 14.4. The van der Waals surface area contributed by atoms with Crippen LogP contribution in [-0.4, -0.2) is 37.8 Å². The Balaban J connectivity index is 1.63. The lowest BCUT2D eigenvalue weighted by Crippen LogP contribution is -2.36. The van der Waals surface area contributed by atoms with Crippen molar-refractivity contribution in [3.05, 3.63) is 35.9 Å². The molecule has 6 nitrogen and oxygen atoms in total. The lowest BCUT2D eigenvalue weighted by molar-refractivity contribution is -0.174. The van der Waals surface area contributed by atoms with Crippen LogP contribution in [0.4, 0.5) is 4.79 Å². The third kappa shape index (κ3) is 5.53. The van der Waals surface area contributed by atoms with Gasteiger partial charge in [-0.2, -0.15) is 0 Å². The summed E-state index contributed by atoms with van der Waals surface area (Å²) in [6.07, 6.45) is 3.12. The summed E-state index contributed by atoms with van der Waals surface area (Å²) < 4.78 is 5.20. The van der Waals surface area contributed by atoms with E-state index in [4.69, 9.17) is 9.57 Å². The van der Waals surface area contributed by atoms with E-state index >= 15 is 0 Å². The van der Waals surface area contributed by atoms with Crippen molar-refractivity contribution < 1.29 is 19.2 Å². The van der Waals surface area contributed by atoms with E-state index in [0.717, 1.165) is 31.2 Å². The van der Waals surface area contributed by atoms with Gasteiger partial charge in [0.25, 0.3) is 0 Å². The van der Waals surface area contributed by atoms with Crippen molar-refractivity contribution in [3.8, 4) is 0 Å². The normalized spacial score (nSPS) is 20.2. The molecule has 0 bridgehead atoms. The van der Waals surface area contributed by atoms with Crippen LogP contribution in [0.5, 0.6) is 0 Å². The Morgan fingerprint density at radius 1 is 1.17 bits per heavy atom. The lowest BCUT2D eigenvalue weighted by atomic mass is 9.81. The number of hydroxylamine groups is 2. The first-order valence-corrected chi connectivity index (χ1v) is 8.36. The van der Waals surface area contributed by atoms with E-state index in [1.165, 1.54) is 12.2 Å². The van der Waals surface area contributed by atoms with Gasteiger partial charge in [-0.3, -0.25) is 9.63 Å². The molecule has 1 aliphatic rings. The molecule has 6 heteroatoms. The molecule has 0 aromatic heterocycles. The van der Waals surface area contributed by atoms with Crippen molar-refractivity contribution in [3.63, 3.8) is 0 Å². The second kappa shape index (κ2) is 9.27. The highest BCUT2D eigenvalue weighted by Gasteiger charge is 2.28. The maximum absolute atomic E-state index is 12.0. The van der Waals surface area contributed by atoms with E-state index in [1.807, 2.05) is 30.3 Å². The standard InChI is InChI=1S/C18H26N2O4/c1-20(23-2)17(21)16-10-8-14(9-11-16)12-19-18(22)24-13-15-6-4-3-5-7-15/h3-7,14,16H,8-13H2,1-2H3,(H,19,22)/t14-,16-. The number of ether oxygens (including phenoxy) is 1. The van der Waals surface area contributed by atoms with Crippen LogP contribution < -0.4 is 5.32 Å². The Labute approximate surface area is 143 Å². The number of alkyl carbamates (subject to hydrolysis) is 1. The minimum absolute atomic E-state index is 0.0243. The molecule has 1 fully saturated rings. The number of benzene rings is 1. The predicted molar refractivity (Wildman–Crippen MR) is 89.9 cm³/mol. The average molecular weight is 334 g/mol. The minimum Gasteiger partial charge on any atom is -0.445 e. The van der Waals surface area contributed by atoms with Crippen LogP contribution in [0.15, 0.2) is 30.3 Å². The molecule has 1 aliphatic carbocycles. The number of hydrogen-bond acceptors (Lipinski definition) is 4. The van der Waals surface area contributed by atoms with Crippen LogP contribution in [0.3, 0.4) is 0 Å². The van der Waals surface area contributed by atoms with Crippen LogP contribution in [0.25, 0.3) is 0 Å². The number of carbonyl (C=O) groups excluding carboxylic acids is 2. The quantitative estimate of drug-likeness (QED) is 0.812. The molecule has 0 heterocycles. The molecule has 0 unspecified atom stereocenters. The molecule has 24 heavy (non-hydrogen) atoms. The van der Waals surface area contributed by atoms with E-state index in [0.29, 0.717) is 12.5 Å². The van der Waals surface area contributed by atoms with E-state index in [9.17, 15) is 9.59 Å². The lowest BCUT2D eigenvalue weighted by Gasteiger charge is -2.29. The molecule has 1 saturated carbocycles. The molecule has 0 atom stereocenters. The fourth-order valence-electron chi connectivity index (χ4n) is 2.96. The third-order valence-corrected chi connectivity index (χ3v) is 4.53. The third-order valence-electron chi connectivity index (χ3n) is 4.53. The summed E-state index contributed by atoms with van der Waals surface area (Å²) in [6.45, 7) is 0.867. The van der Waals surface area contributed by atoms with Crippen molar-refractivity contribution >= 4 is 12.0 Å². The van der Waals surface area contributed by atoms with E-state index in [-0.39, 0.29) is 18.4 Å². The molecule has 0 aliphatic heterocycles. The number of rotatable bonds is 6. The van der Waals surface area contributed by atoms with E-state index in [2.05, 4.69) is 5.32 Å². The van der Waals surface area contributed by atoms with E-state index in [1.54, 1.807) is 7.05 Å². The minimum atomic E-state index is -0.392. The smallest absolute Gasteiger partial charge is 0.407 e. The number of hydrogen-bond donors (Lipinski definition) is 1. The molecule has 0 saturated heterocycles. The van der Waals surface area contributed by atoms with Gasteiger partial charge in [0.05, 0.1) is 7.11 Å². The SMILES string of the molecule is CON(C)C(=O)[C@H]1CC[C@H](CNC(=O)OCc2ccccc2)CC1. The summed E-state index contributed by atoms with van der Waals surface area (Å²) in [5.41, 5.74) is 0.967. The molecule has 1 aromatic carbocycles. The summed E-state index contributed by atoms with van der Waals surface area (Å²) in [7, 11) is 3.13. The zero-order chi connectivity index (χ0) is 17.4. The number of nitrogens with one attached hydrogen (secondary N) is 1. The summed E-state index contributed by atoms with van der Waals surface area (Å²) in [6, 6.07) is 9.59. The van der Waals surface area contributed by atoms with Crippen LogP contribution in [0.2, 0.25) is 0 Å².